The molecule has 3 rings (SSSR count). The van der Waals surface area contributed by atoms with Gasteiger partial charge in [-0.05, 0) is 63.2 Å². The average molecular weight is 495 g/mol. The van der Waals surface area contributed by atoms with Crippen molar-refractivity contribution in [2.75, 3.05) is 12.4 Å². The Balaban J connectivity index is 1.67. The maximum atomic E-state index is 12.9. The van der Waals surface area contributed by atoms with Gasteiger partial charge < -0.3 is 19.4 Å². The molecule has 1 N–H and O–H groups in total. The van der Waals surface area contributed by atoms with Gasteiger partial charge in [0.1, 0.15) is 11.5 Å². The first-order valence-corrected chi connectivity index (χ1v) is 11.4. The topological polar surface area (TPSA) is 78.3 Å². The highest BCUT2D eigenvalue weighted by Gasteiger charge is 2.30. The van der Waals surface area contributed by atoms with Gasteiger partial charge in [-0.1, -0.05) is 17.8 Å². The van der Waals surface area contributed by atoms with Crippen LogP contribution in [-0.4, -0.2) is 33.0 Å². The van der Waals surface area contributed by atoms with Gasteiger partial charge in [-0.15, -0.1) is 10.2 Å². The molecular weight excluding hydrogens is 469 g/mol. The molecule has 1 amide bonds. The van der Waals surface area contributed by atoms with E-state index < -0.39 is 29.0 Å². The van der Waals surface area contributed by atoms with Crippen LogP contribution in [0.3, 0.4) is 0 Å². The van der Waals surface area contributed by atoms with Crippen LogP contribution in [0, 0.1) is 0 Å². The molecule has 7 nitrogen and oxygen atoms in total. The van der Waals surface area contributed by atoms with Crippen LogP contribution in [0.2, 0.25) is 0 Å². The number of alkyl halides is 3. The van der Waals surface area contributed by atoms with Crippen molar-refractivity contribution in [1.29, 1.82) is 0 Å². The van der Waals surface area contributed by atoms with E-state index in [9.17, 15) is 18.0 Å². The number of halogens is 3. The lowest BCUT2D eigenvalue weighted by Crippen LogP contribution is -2.23. The number of thioether (sulfide) groups is 1. The first-order chi connectivity index (χ1) is 16.1. The minimum atomic E-state index is -4.49. The zero-order valence-electron chi connectivity index (χ0n) is 19.1. The summed E-state index contributed by atoms with van der Waals surface area (Å²) >= 11 is 1.16. The lowest BCUT2D eigenvalue weighted by molar-refractivity contribution is -0.137. The minimum Gasteiger partial charge on any atom is -0.497 e. The lowest BCUT2D eigenvalue weighted by atomic mass is 10.2. The molecule has 0 bridgehead atoms. The number of carbonyl (C=O) groups is 1. The molecule has 0 radical (unpaired) electrons. The molecule has 2 aromatic carbocycles. The number of amides is 1. The molecule has 0 aliphatic carbocycles. The van der Waals surface area contributed by atoms with Crippen LogP contribution >= 0.6 is 11.8 Å². The summed E-state index contributed by atoms with van der Waals surface area (Å²) in [5, 5.41) is 10.8. The van der Waals surface area contributed by atoms with E-state index in [1.54, 1.807) is 38.3 Å². The molecule has 2 atom stereocenters. The van der Waals surface area contributed by atoms with Crippen molar-refractivity contribution in [3.63, 3.8) is 0 Å². The molecule has 11 heteroatoms. The Morgan fingerprint density at radius 1 is 1.12 bits per heavy atom. The van der Waals surface area contributed by atoms with Crippen molar-refractivity contribution >= 4 is 23.4 Å². The Kier molecular flexibility index (Phi) is 8.08. The van der Waals surface area contributed by atoms with Gasteiger partial charge in [0.25, 0.3) is 0 Å². The number of anilines is 1. The number of rotatable bonds is 9. The Labute approximate surface area is 199 Å². The van der Waals surface area contributed by atoms with Crippen LogP contribution in [0.1, 0.15) is 38.3 Å². The molecular formula is C23H25F3N4O3S. The van der Waals surface area contributed by atoms with Crippen LogP contribution in [-0.2, 0) is 17.5 Å². The monoisotopic (exact) mass is 494 g/mol. The zero-order valence-corrected chi connectivity index (χ0v) is 19.9. The number of methoxy groups -OCH3 is 1. The van der Waals surface area contributed by atoms with Crippen LogP contribution in [0.5, 0.6) is 11.5 Å². The summed E-state index contributed by atoms with van der Waals surface area (Å²) in [6.07, 6.45) is -4.90. The Morgan fingerprint density at radius 3 is 2.41 bits per heavy atom. The summed E-state index contributed by atoms with van der Waals surface area (Å²) in [5.41, 5.74) is -0.752. The third-order valence-electron chi connectivity index (χ3n) is 4.91. The van der Waals surface area contributed by atoms with E-state index in [1.165, 1.54) is 12.1 Å². The number of benzene rings is 2. The van der Waals surface area contributed by atoms with Crippen molar-refractivity contribution in [3.8, 4) is 11.5 Å². The number of nitrogens with one attached hydrogen (secondary N) is 1. The fourth-order valence-corrected chi connectivity index (χ4v) is 4.05. The molecule has 34 heavy (non-hydrogen) atoms. The second-order valence-corrected chi connectivity index (χ2v) is 8.66. The second kappa shape index (κ2) is 10.8. The predicted molar refractivity (Wildman–Crippen MR) is 123 cm³/mol. The van der Waals surface area contributed by atoms with Gasteiger partial charge in [0, 0.05) is 12.2 Å². The van der Waals surface area contributed by atoms with Crippen LogP contribution in [0.25, 0.3) is 0 Å². The van der Waals surface area contributed by atoms with E-state index in [0.717, 1.165) is 23.9 Å². The van der Waals surface area contributed by atoms with E-state index in [1.807, 2.05) is 18.4 Å². The number of hydrogen-bond donors (Lipinski definition) is 1. The van der Waals surface area contributed by atoms with Crippen LogP contribution in [0.4, 0.5) is 18.9 Å². The fraction of sp³-hybridized carbons (Fsp3) is 0.348. The molecule has 1 aromatic heterocycles. The second-order valence-electron chi connectivity index (χ2n) is 7.35. The zero-order chi connectivity index (χ0) is 24.9. The Morgan fingerprint density at radius 2 is 1.79 bits per heavy atom. The first-order valence-electron chi connectivity index (χ1n) is 10.5. The third kappa shape index (κ3) is 6.22. The molecule has 0 aliphatic heterocycles. The van der Waals surface area contributed by atoms with Crippen molar-refractivity contribution in [1.82, 2.24) is 14.8 Å². The van der Waals surface area contributed by atoms with Crippen molar-refractivity contribution in [3.05, 3.63) is 59.9 Å². The van der Waals surface area contributed by atoms with Crippen molar-refractivity contribution in [2.45, 2.75) is 50.0 Å². The molecule has 3 aromatic rings. The average Bonchev–Trinajstić information content (AvgIpc) is 3.21. The summed E-state index contributed by atoms with van der Waals surface area (Å²) in [4.78, 5) is 12.6. The van der Waals surface area contributed by atoms with Crippen LogP contribution < -0.4 is 14.8 Å². The summed E-state index contributed by atoms with van der Waals surface area (Å²) < 4.78 is 51.7. The van der Waals surface area contributed by atoms with Gasteiger partial charge in [-0.2, -0.15) is 13.2 Å². The largest absolute Gasteiger partial charge is 0.497 e. The Bertz CT molecular complexity index is 1120. The molecule has 0 fully saturated rings. The smallest absolute Gasteiger partial charge is 0.416 e. The predicted octanol–water partition coefficient (Wildman–Crippen LogP) is 5.58. The maximum Gasteiger partial charge on any atom is 0.416 e. The van der Waals surface area contributed by atoms with Crippen molar-refractivity contribution in [2.24, 2.45) is 0 Å². The van der Waals surface area contributed by atoms with Gasteiger partial charge in [-0.25, -0.2) is 0 Å². The maximum absolute atomic E-state index is 12.9. The van der Waals surface area contributed by atoms with E-state index in [4.69, 9.17) is 9.47 Å². The van der Waals surface area contributed by atoms with Gasteiger partial charge in [-0.3, -0.25) is 4.79 Å². The van der Waals surface area contributed by atoms with Crippen LogP contribution in [0.15, 0.2) is 53.7 Å². The number of carbonyl (C=O) groups excluding carboxylic acids is 1. The molecule has 0 saturated heterocycles. The number of ether oxygens (including phenoxy) is 2. The fourth-order valence-electron chi connectivity index (χ4n) is 3.13. The first kappa shape index (κ1) is 25.4. The summed E-state index contributed by atoms with van der Waals surface area (Å²) in [7, 11) is 1.59. The molecule has 2 unspecified atom stereocenters. The van der Waals surface area contributed by atoms with Gasteiger partial charge >= 0.3 is 6.18 Å². The molecule has 1 heterocycles. The van der Waals surface area contributed by atoms with E-state index >= 15 is 0 Å². The van der Waals surface area contributed by atoms with E-state index in [2.05, 4.69) is 15.5 Å². The quantitative estimate of drug-likeness (QED) is 0.391. The highest BCUT2D eigenvalue weighted by molar-refractivity contribution is 8.00. The third-order valence-corrected chi connectivity index (χ3v) is 5.99. The van der Waals surface area contributed by atoms with Gasteiger partial charge in [0.05, 0.1) is 17.9 Å². The summed E-state index contributed by atoms with van der Waals surface area (Å²) in [6.45, 7) is 5.96. The normalized spacial score (nSPS) is 13.3. The Hall–Kier alpha value is -3.21. The highest BCUT2D eigenvalue weighted by atomic mass is 32.2. The van der Waals surface area contributed by atoms with E-state index in [-0.39, 0.29) is 5.69 Å². The van der Waals surface area contributed by atoms with Gasteiger partial charge in [0.2, 0.25) is 5.91 Å². The van der Waals surface area contributed by atoms with Gasteiger partial charge in [0.15, 0.2) is 17.1 Å². The molecule has 0 saturated carbocycles. The number of hydrogen-bond acceptors (Lipinski definition) is 6. The molecule has 0 spiro atoms. The minimum absolute atomic E-state index is 0.0754. The summed E-state index contributed by atoms with van der Waals surface area (Å²) in [5.74, 6) is 1.50. The lowest BCUT2D eigenvalue weighted by Gasteiger charge is -2.17. The number of aromatic nitrogens is 3. The summed E-state index contributed by atoms with van der Waals surface area (Å²) in [6, 6.07) is 11.7. The molecule has 182 valence electrons. The highest BCUT2D eigenvalue weighted by Crippen LogP contribution is 2.31. The molecule has 0 aliphatic rings. The van der Waals surface area contributed by atoms with E-state index in [0.29, 0.717) is 29.0 Å². The standard InChI is InChI=1S/C23H25F3N4O3S/c1-5-30-20(14(2)33-19-11-9-18(32-4)10-12-19)28-29-22(30)34-15(3)21(31)27-17-8-6-7-16(13-17)23(24,25)26/h6-15H,5H2,1-4H3,(H,27,31). The van der Waals surface area contributed by atoms with Crippen molar-refractivity contribution < 1.29 is 27.4 Å². The number of nitrogens with zero attached hydrogens (tertiary/aromatic N) is 3. The SMILES string of the molecule is CCn1c(SC(C)C(=O)Nc2cccc(C(F)(F)F)c2)nnc1C(C)Oc1ccc(OC)cc1.